The second-order valence-electron chi connectivity index (χ2n) is 6.46. The Morgan fingerprint density at radius 2 is 2.17 bits per heavy atom. The zero-order chi connectivity index (χ0) is 16.7. The molecular formula is C16H19N7O. The molecule has 0 aromatic carbocycles. The molecular weight excluding hydrogens is 306 g/mol. The van der Waals surface area contributed by atoms with Gasteiger partial charge in [-0.05, 0) is 26.0 Å². The third kappa shape index (κ3) is 2.54. The molecule has 0 saturated carbocycles. The van der Waals surface area contributed by atoms with E-state index in [4.69, 9.17) is 10.5 Å². The highest BCUT2D eigenvalue weighted by atomic mass is 16.5. The maximum Gasteiger partial charge on any atom is 0.209 e. The summed E-state index contributed by atoms with van der Waals surface area (Å²) >= 11 is 0. The average Bonchev–Trinajstić information content (AvgIpc) is 2.99. The van der Waals surface area contributed by atoms with Gasteiger partial charge in [-0.1, -0.05) is 0 Å². The fourth-order valence-electron chi connectivity index (χ4n) is 2.99. The number of ether oxygens (including phenoxy) is 1. The second kappa shape index (κ2) is 5.41. The van der Waals surface area contributed by atoms with Gasteiger partial charge in [0.15, 0.2) is 11.5 Å². The van der Waals surface area contributed by atoms with Gasteiger partial charge in [0, 0.05) is 37.1 Å². The largest absolute Gasteiger partial charge is 0.372 e. The van der Waals surface area contributed by atoms with E-state index >= 15 is 0 Å². The fraction of sp³-hybridized carbons (Fsp3) is 0.375. The van der Waals surface area contributed by atoms with Crippen LogP contribution in [0.3, 0.4) is 0 Å². The van der Waals surface area contributed by atoms with Gasteiger partial charge in [0.2, 0.25) is 5.95 Å². The van der Waals surface area contributed by atoms with Gasteiger partial charge in [-0.2, -0.15) is 4.98 Å². The van der Waals surface area contributed by atoms with E-state index in [0.29, 0.717) is 24.0 Å². The highest BCUT2D eigenvalue weighted by molar-refractivity contribution is 5.64. The Morgan fingerprint density at radius 1 is 1.29 bits per heavy atom. The number of pyridine rings is 1. The molecule has 0 atom stereocenters. The first-order valence-electron chi connectivity index (χ1n) is 7.84. The maximum atomic E-state index is 6.21. The summed E-state index contributed by atoms with van der Waals surface area (Å²) in [5.74, 6) is 1.79. The minimum absolute atomic E-state index is 0.213. The SMILES string of the molecule is CC1(C)CN(c2cc3nnc(-c4cccnc4)n3c(N)n2)CCO1. The third-order valence-corrected chi connectivity index (χ3v) is 4.07. The smallest absolute Gasteiger partial charge is 0.209 e. The summed E-state index contributed by atoms with van der Waals surface area (Å²) in [7, 11) is 0. The summed E-state index contributed by atoms with van der Waals surface area (Å²) in [6.07, 6.45) is 3.45. The number of fused-ring (bicyclic) bond motifs is 1. The quantitative estimate of drug-likeness (QED) is 0.760. The van der Waals surface area contributed by atoms with Gasteiger partial charge < -0.3 is 15.4 Å². The number of nitrogens with two attached hydrogens (primary N) is 1. The Balaban J connectivity index is 1.77. The van der Waals surface area contributed by atoms with Gasteiger partial charge in [-0.3, -0.25) is 4.98 Å². The molecule has 3 aromatic heterocycles. The Morgan fingerprint density at radius 3 is 2.92 bits per heavy atom. The fourth-order valence-corrected chi connectivity index (χ4v) is 2.99. The molecule has 1 aliphatic rings. The number of hydrogen-bond donors (Lipinski definition) is 1. The second-order valence-corrected chi connectivity index (χ2v) is 6.46. The van der Waals surface area contributed by atoms with Gasteiger partial charge in [0.05, 0.1) is 12.2 Å². The normalized spacial score (nSPS) is 17.3. The van der Waals surface area contributed by atoms with Crippen molar-refractivity contribution in [2.75, 3.05) is 30.3 Å². The highest BCUT2D eigenvalue weighted by Gasteiger charge is 2.28. The van der Waals surface area contributed by atoms with Crippen LogP contribution < -0.4 is 10.6 Å². The van der Waals surface area contributed by atoms with Crippen molar-refractivity contribution in [3.05, 3.63) is 30.6 Å². The highest BCUT2D eigenvalue weighted by Crippen LogP contribution is 2.26. The van der Waals surface area contributed by atoms with Crippen molar-refractivity contribution in [2.24, 2.45) is 0 Å². The van der Waals surface area contributed by atoms with Crippen LogP contribution in [0.25, 0.3) is 17.0 Å². The van der Waals surface area contributed by atoms with Crippen LogP contribution in [0.15, 0.2) is 30.6 Å². The van der Waals surface area contributed by atoms with Crippen LogP contribution in [0.4, 0.5) is 11.8 Å². The number of aromatic nitrogens is 5. The van der Waals surface area contributed by atoms with Crippen molar-refractivity contribution >= 4 is 17.4 Å². The van der Waals surface area contributed by atoms with Crippen molar-refractivity contribution in [2.45, 2.75) is 19.4 Å². The van der Waals surface area contributed by atoms with E-state index < -0.39 is 0 Å². The first-order chi connectivity index (χ1) is 11.5. The molecule has 4 heterocycles. The predicted octanol–water partition coefficient (Wildman–Crippen LogP) is 1.38. The molecule has 1 saturated heterocycles. The number of rotatable bonds is 2. The Kier molecular flexibility index (Phi) is 3.34. The zero-order valence-electron chi connectivity index (χ0n) is 13.7. The Bertz CT molecular complexity index is 875. The van der Waals surface area contributed by atoms with E-state index in [2.05, 4.69) is 38.9 Å². The van der Waals surface area contributed by atoms with Crippen LogP contribution in [0.5, 0.6) is 0 Å². The van der Waals surface area contributed by atoms with Crippen LogP contribution in [0.2, 0.25) is 0 Å². The van der Waals surface area contributed by atoms with Gasteiger partial charge in [-0.15, -0.1) is 10.2 Å². The summed E-state index contributed by atoms with van der Waals surface area (Å²) in [4.78, 5) is 10.8. The van der Waals surface area contributed by atoms with Gasteiger partial charge in [-0.25, -0.2) is 4.40 Å². The molecule has 2 N–H and O–H groups in total. The molecule has 0 aliphatic carbocycles. The molecule has 1 fully saturated rings. The summed E-state index contributed by atoms with van der Waals surface area (Å²) in [5.41, 5.74) is 7.51. The predicted molar refractivity (Wildman–Crippen MR) is 90.7 cm³/mol. The molecule has 0 bridgehead atoms. The lowest BCUT2D eigenvalue weighted by Crippen LogP contribution is -2.48. The molecule has 0 spiro atoms. The van der Waals surface area contributed by atoms with E-state index in [1.165, 1.54) is 0 Å². The average molecular weight is 325 g/mol. The molecule has 3 aromatic rings. The van der Waals surface area contributed by atoms with Crippen molar-refractivity contribution < 1.29 is 4.74 Å². The maximum absolute atomic E-state index is 6.21. The lowest BCUT2D eigenvalue weighted by Gasteiger charge is -2.38. The Labute approximate surface area is 139 Å². The van der Waals surface area contributed by atoms with E-state index in [1.54, 1.807) is 16.8 Å². The number of nitrogen functional groups attached to an aromatic ring is 1. The summed E-state index contributed by atoms with van der Waals surface area (Å²) in [6, 6.07) is 5.68. The summed E-state index contributed by atoms with van der Waals surface area (Å²) < 4.78 is 7.50. The monoisotopic (exact) mass is 325 g/mol. The zero-order valence-corrected chi connectivity index (χ0v) is 13.7. The molecule has 8 nitrogen and oxygen atoms in total. The number of hydrogen-bond acceptors (Lipinski definition) is 7. The van der Waals surface area contributed by atoms with Gasteiger partial charge in [0.25, 0.3) is 0 Å². The first-order valence-corrected chi connectivity index (χ1v) is 7.84. The molecule has 1 aliphatic heterocycles. The van der Waals surface area contributed by atoms with Gasteiger partial charge >= 0.3 is 0 Å². The number of morpholine rings is 1. The van der Waals surface area contributed by atoms with Crippen LogP contribution >= 0.6 is 0 Å². The molecule has 8 heteroatoms. The van der Waals surface area contributed by atoms with Crippen molar-refractivity contribution in [1.82, 2.24) is 24.6 Å². The minimum Gasteiger partial charge on any atom is -0.372 e. The van der Waals surface area contributed by atoms with Crippen LogP contribution in [-0.4, -0.2) is 49.9 Å². The standard InChI is InChI=1S/C16H19N7O/c1-16(2)10-22(6-7-24-16)12-8-13-20-21-14(23(13)15(17)19-12)11-4-3-5-18-9-11/h3-5,8-9H,6-7,10H2,1-2H3,(H2,17,19). The molecule has 0 amide bonds. The number of nitrogens with zero attached hydrogens (tertiary/aromatic N) is 6. The van der Waals surface area contributed by atoms with Crippen LogP contribution in [0.1, 0.15) is 13.8 Å². The molecule has 0 unspecified atom stereocenters. The van der Waals surface area contributed by atoms with Gasteiger partial charge in [0.1, 0.15) is 5.82 Å². The van der Waals surface area contributed by atoms with Crippen molar-refractivity contribution in [3.63, 3.8) is 0 Å². The Hall–Kier alpha value is -2.74. The third-order valence-electron chi connectivity index (χ3n) is 4.07. The molecule has 24 heavy (non-hydrogen) atoms. The van der Waals surface area contributed by atoms with E-state index in [1.807, 2.05) is 18.2 Å². The van der Waals surface area contributed by atoms with E-state index in [0.717, 1.165) is 24.5 Å². The van der Waals surface area contributed by atoms with Crippen molar-refractivity contribution in [3.8, 4) is 11.4 Å². The molecule has 124 valence electrons. The van der Waals surface area contributed by atoms with E-state index in [-0.39, 0.29) is 5.60 Å². The first kappa shape index (κ1) is 14.8. The topological polar surface area (TPSA) is 94.5 Å². The summed E-state index contributed by atoms with van der Waals surface area (Å²) in [6.45, 7) is 6.32. The number of anilines is 2. The lowest BCUT2D eigenvalue weighted by molar-refractivity contribution is -0.0279. The van der Waals surface area contributed by atoms with E-state index in [9.17, 15) is 0 Å². The molecule has 4 rings (SSSR count). The van der Waals surface area contributed by atoms with Crippen LogP contribution in [-0.2, 0) is 4.74 Å². The lowest BCUT2D eigenvalue weighted by atomic mass is 10.1. The molecule has 0 radical (unpaired) electrons. The summed E-state index contributed by atoms with van der Waals surface area (Å²) in [5, 5.41) is 8.51. The van der Waals surface area contributed by atoms with Crippen LogP contribution in [0, 0.1) is 0 Å². The minimum atomic E-state index is -0.213. The van der Waals surface area contributed by atoms with Crippen molar-refractivity contribution in [1.29, 1.82) is 0 Å².